The SMILES string of the molecule is CC(C)(C)c1nc(CN2CC(O)(C3CC3)C2)no1. The van der Waals surface area contributed by atoms with Gasteiger partial charge >= 0.3 is 0 Å². The van der Waals surface area contributed by atoms with Crippen molar-refractivity contribution in [1.82, 2.24) is 15.0 Å². The van der Waals surface area contributed by atoms with E-state index in [1.54, 1.807) is 0 Å². The third-order valence-corrected chi connectivity index (χ3v) is 3.81. The van der Waals surface area contributed by atoms with Crippen LogP contribution in [-0.2, 0) is 12.0 Å². The van der Waals surface area contributed by atoms with Crippen LogP contribution in [0, 0.1) is 5.92 Å². The molecule has 1 aromatic rings. The molecule has 2 fully saturated rings. The summed E-state index contributed by atoms with van der Waals surface area (Å²) in [5, 5.41) is 14.2. The van der Waals surface area contributed by atoms with E-state index < -0.39 is 5.60 Å². The van der Waals surface area contributed by atoms with E-state index in [2.05, 4.69) is 35.8 Å². The quantitative estimate of drug-likeness (QED) is 0.878. The Morgan fingerprint density at radius 3 is 2.56 bits per heavy atom. The van der Waals surface area contributed by atoms with Crippen LogP contribution in [-0.4, -0.2) is 38.8 Å². The first-order valence-electron chi connectivity index (χ1n) is 6.65. The van der Waals surface area contributed by atoms with Gasteiger partial charge < -0.3 is 9.63 Å². The molecule has 2 aliphatic rings. The molecule has 3 rings (SSSR count). The third kappa shape index (κ3) is 2.17. The molecular weight excluding hydrogens is 230 g/mol. The first-order chi connectivity index (χ1) is 8.37. The summed E-state index contributed by atoms with van der Waals surface area (Å²) in [6.45, 7) is 8.34. The highest BCUT2D eigenvalue weighted by Gasteiger charge is 2.51. The number of aromatic nitrogens is 2. The number of hydrogen-bond acceptors (Lipinski definition) is 5. The first kappa shape index (κ1) is 12.1. The molecule has 0 atom stereocenters. The molecule has 1 aliphatic carbocycles. The fraction of sp³-hybridized carbons (Fsp3) is 0.846. The van der Waals surface area contributed by atoms with Crippen LogP contribution in [0.1, 0.15) is 45.3 Å². The average Bonchev–Trinajstić information content (AvgIpc) is 2.95. The van der Waals surface area contributed by atoms with E-state index in [0.29, 0.717) is 18.4 Å². The molecule has 5 heteroatoms. The van der Waals surface area contributed by atoms with Gasteiger partial charge in [-0.3, -0.25) is 4.90 Å². The van der Waals surface area contributed by atoms with Crippen LogP contribution in [0.3, 0.4) is 0 Å². The van der Waals surface area contributed by atoms with Crippen molar-refractivity contribution in [3.63, 3.8) is 0 Å². The van der Waals surface area contributed by atoms with Crippen LogP contribution in [0.15, 0.2) is 4.52 Å². The van der Waals surface area contributed by atoms with Gasteiger partial charge in [0.15, 0.2) is 5.82 Å². The summed E-state index contributed by atoms with van der Waals surface area (Å²) < 4.78 is 5.26. The van der Waals surface area contributed by atoms with Gasteiger partial charge in [0, 0.05) is 18.5 Å². The highest BCUT2D eigenvalue weighted by atomic mass is 16.5. The zero-order chi connectivity index (χ0) is 13.0. The second-order valence-corrected chi connectivity index (χ2v) is 6.79. The van der Waals surface area contributed by atoms with Gasteiger partial charge in [-0.2, -0.15) is 4.98 Å². The van der Waals surface area contributed by atoms with Crippen molar-refractivity contribution in [2.45, 2.75) is 51.2 Å². The molecule has 0 amide bonds. The first-order valence-corrected chi connectivity index (χ1v) is 6.65. The summed E-state index contributed by atoms with van der Waals surface area (Å²) in [6, 6.07) is 0. The number of β-amino-alcohol motifs (C(OH)–C–C–N with tert-alkyl or cyclic N) is 1. The fourth-order valence-corrected chi connectivity index (χ4v) is 2.54. The van der Waals surface area contributed by atoms with Crippen LogP contribution in [0.25, 0.3) is 0 Å². The molecule has 1 N–H and O–H groups in total. The summed E-state index contributed by atoms with van der Waals surface area (Å²) in [6.07, 6.45) is 2.36. The standard InChI is InChI=1S/C13H21N3O2/c1-12(2,3)11-14-10(15-18-11)6-16-7-13(17,8-16)9-4-5-9/h9,17H,4-8H2,1-3H3. The summed E-state index contributed by atoms with van der Waals surface area (Å²) in [5.74, 6) is 1.93. The highest BCUT2D eigenvalue weighted by Crippen LogP contribution is 2.44. The van der Waals surface area contributed by atoms with Crippen LogP contribution < -0.4 is 0 Å². The zero-order valence-corrected chi connectivity index (χ0v) is 11.3. The second-order valence-electron chi connectivity index (χ2n) is 6.79. The van der Waals surface area contributed by atoms with Gasteiger partial charge in [-0.25, -0.2) is 0 Å². The van der Waals surface area contributed by atoms with Gasteiger partial charge in [-0.1, -0.05) is 25.9 Å². The van der Waals surface area contributed by atoms with Crippen molar-refractivity contribution in [2.75, 3.05) is 13.1 Å². The Morgan fingerprint density at radius 2 is 2.06 bits per heavy atom. The molecular formula is C13H21N3O2. The largest absolute Gasteiger partial charge is 0.387 e. The topological polar surface area (TPSA) is 62.4 Å². The Morgan fingerprint density at radius 1 is 1.39 bits per heavy atom. The molecule has 0 radical (unpaired) electrons. The smallest absolute Gasteiger partial charge is 0.232 e. The summed E-state index contributed by atoms with van der Waals surface area (Å²) in [5.41, 5.74) is -0.536. The number of hydrogen-bond donors (Lipinski definition) is 1. The number of likely N-dealkylation sites (tertiary alicyclic amines) is 1. The number of rotatable bonds is 3. The maximum Gasteiger partial charge on any atom is 0.232 e. The molecule has 1 saturated carbocycles. The van der Waals surface area contributed by atoms with Gasteiger partial charge in [0.05, 0.1) is 12.1 Å². The molecule has 5 nitrogen and oxygen atoms in total. The summed E-state index contributed by atoms with van der Waals surface area (Å²) in [4.78, 5) is 6.59. The molecule has 0 unspecified atom stereocenters. The minimum atomic E-state index is -0.434. The molecule has 1 aliphatic heterocycles. The lowest BCUT2D eigenvalue weighted by atomic mass is 9.89. The maximum absolute atomic E-state index is 10.2. The lowest BCUT2D eigenvalue weighted by Gasteiger charge is -2.46. The van der Waals surface area contributed by atoms with E-state index in [1.807, 2.05) is 0 Å². The van der Waals surface area contributed by atoms with Gasteiger partial charge in [-0.05, 0) is 18.8 Å². The van der Waals surface area contributed by atoms with Crippen LogP contribution in [0.4, 0.5) is 0 Å². The molecule has 2 heterocycles. The second kappa shape index (κ2) is 3.78. The van der Waals surface area contributed by atoms with Crippen LogP contribution in [0.2, 0.25) is 0 Å². The Kier molecular flexibility index (Phi) is 2.54. The minimum absolute atomic E-state index is 0.102. The number of nitrogens with zero attached hydrogens (tertiary/aromatic N) is 3. The van der Waals surface area contributed by atoms with Crippen molar-refractivity contribution in [1.29, 1.82) is 0 Å². The lowest BCUT2D eigenvalue weighted by molar-refractivity contribution is -0.117. The molecule has 0 spiro atoms. The molecule has 1 aromatic heterocycles. The van der Waals surface area contributed by atoms with Crippen molar-refractivity contribution < 1.29 is 9.63 Å². The Bertz CT molecular complexity index is 439. The zero-order valence-electron chi connectivity index (χ0n) is 11.3. The van der Waals surface area contributed by atoms with Crippen LogP contribution in [0.5, 0.6) is 0 Å². The third-order valence-electron chi connectivity index (χ3n) is 3.81. The minimum Gasteiger partial charge on any atom is -0.387 e. The van der Waals surface area contributed by atoms with E-state index >= 15 is 0 Å². The molecule has 1 saturated heterocycles. The average molecular weight is 251 g/mol. The summed E-state index contributed by atoms with van der Waals surface area (Å²) in [7, 11) is 0. The van der Waals surface area contributed by atoms with Gasteiger partial charge in [0.1, 0.15) is 0 Å². The van der Waals surface area contributed by atoms with Gasteiger partial charge in [-0.15, -0.1) is 0 Å². The van der Waals surface area contributed by atoms with Gasteiger partial charge in [0.25, 0.3) is 0 Å². The van der Waals surface area contributed by atoms with E-state index in [4.69, 9.17) is 4.52 Å². The van der Waals surface area contributed by atoms with E-state index in [-0.39, 0.29) is 5.41 Å². The fourth-order valence-electron chi connectivity index (χ4n) is 2.54. The summed E-state index contributed by atoms with van der Waals surface area (Å²) >= 11 is 0. The predicted octanol–water partition coefficient (Wildman–Crippen LogP) is 1.32. The molecule has 100 valence electrons. The monoisotopic (exact) mass is 251 g/mol. The maximum atomic E-state index is 10.2. The number of aliphatic hydroxyl groups is 1. The van der Waals surface area contributed by atoms with E-state index in [1.165, 1.54) is 12.8 Å². The Balaban J connectivity index is 1.57. The van der Waals surface area contributed by atoms with E-state index in [9.17, 15) is 5.11 Å². The Hall–Kier alpha value is -0.940. The van der Waals surface area contributed by atoms with Crippen molar-refractivity contribution >= 4 is 0 Å². The predicted molar refractivity (Wildman–Crippen MR) is 65.9 cm³/mol. The highest BCUT2D eigenvalue weighted by molar-refractivity contribution is 5.06. The lowest BCUT2D eigenvalue weighted by Crippen LogP contribution is -2.62. The van der Waals surface area contributed by atoms with Crippen molar-refractivity contribution in [3.8, 4) is 0 Å². The molecule has 0 bridgehead atoms. The molecule has 0 aromatic carbocycles. The van der Waals surface area contributed by atoms with Gasteiger partial charge in [0.2, 0.25) is 5.89 Å². The van der Waals surface area contributed by atoms with Crippen LogP contribution >= 0.6 is 0 Å². The van der Waals surface area contributed by atoms with Crippen molar-refractivity contribution in [3.05, 3.63) is 11.7 Å². The Labute approximate surface area is 107 Å². The molecule has 18 heavy (non-hydrogen) atoms. The normalized spacial score (nSPS) is 24.0. The van der Waals surface area contributed by atoms with Crippen molar-refractivity contribution in [2.24, 2.45) is 5.92 Å². The van der Waals surface area contributed by atoms with E-state index in [0.717, 1.165) is 18.9 Å².